The van der Waals surface area contributed by atoms with Gasteiger partial charge < -0.3 is 9.64 Å². The minimum atomic E-state index is 0.301. The summed E-state index contributed by atoms with van der Waals surface area (Å²) in [4.78, 5) is 14.3. The van der Waals surface area contributed by atoms with Crippen LogP contribution in [-0.4, -0.2) is 36.3 Å². The second-order valence-electron chi connectivity index (χ2n) is 5.60. The fourth-order valence-corrected chi connectivity index (χ4v) is 3.17. The molecule has 21 heavy (non-hydrogen) atoms. The molecule has 1 saturated heterocycles. The van der Waals surface area contributed by atoms with Crippen LogP contribution >= 0.6 is 15.9 Å². The fourth-order valence-electron chi connectivity index (χ4n) is 2.89. The monoisotopic (exact) mass is 353 g/mol. The van der Waals surface area contributed by atoms with Gasteiger partial charge in [0.05, 0.1) is 7.11 Å². The molecule has 3 nitrogen and oxygen atoms in total. The summed E-state index contributed by atoms with van der Waals surface area (Å²) in [6.45, 7) is 1.77. The van der Waals surface area contributed by atoms with Crippen LogP contribution in [0.5, 0.6) is 5.75 Å². The number of hydrogen-bond acceptors (Lipinski definition) is 2. The molecule has 0 aliphatic carbocycles. The van der Waals surface area contributed by atoms with Gasteiger partial charge in [0.2, 0.25) is 5.91 Å². The third kappa shape index (κ3) is 4.73. The first kappa shape index (κ1) is 16.3. The summed E-state index contributed by atoms with van der Waals surface area (Å²) in [5.74, 6) is 1.64. The molecule has 0 saturated carbocycles. The van der Waals surface area contributed by atoms with E-state index in [1.165, 1.54) is 12.0 Å². The van der Waals surface area contributed by atoms with Crippen LogP contribution < -0.4 is 4.74 Å². The maximum atomic E-state index is 12.3. The van der Waals surface area contributed by atoms with Gasteiger partial charge in [0.15, 0.2) is 0 Å². The van der Waals surface area contributed by atoms with Crippen molar-refractivity contribution in [2.75, 3.05) is 25.5 Å². The average Bonchev–Trinajstić information content (AvgIpc) is 2.79. The number of carbonyl (C=O) groups excluding carboxylic acids is 1. The van der Waals surface area contributed by atoms with Crippen molar-refractivity contribution in [3.8, 4) is 5.75 Å². The van der Waals surface area contributed by atoms with E-state index in [9.17, 15) is 4.79 Å². The number of carbonyl (C=O) groups is 1. The lowest BCUT2D eigenvalue weighted by molar-refractivity contribution is -0.131. The summed E-state index contributed by atoms with van der Waals surface area (Å²) in [5.41, 5.74) is 1.32. The maximum Gasteiger partial charge on any atom is 0.222 e. The Bertz CT molecular complexity index is 447. The predicted octanol–water partition coefficient (Wildman–Crippen LogP) is 3.97. The molecule has 1 aliphatic heterocycles. The van der Waals surface area contributed by atoms with Gasteiger partial charge in [-0.15, -0.1) is 0 Å². The van der Waals surface area contributed by atoms with Crippen LogP contribution in [0.2, 0.25) is 0 Å². The Morgan fingerprint density at radius 3 is 2.76 bits per heavy atom. The zero-order valence-corrected chi connectivity index (χ0v) is 14.3. The second kappa shape index (κ2) is 8.42. The van der Waals surface area contributed by atoms with E-state index >= 15 is 0 Å². The SMILES string of the molecule is COc1ccc(C2CCCCN(C(=O)CCCBr)C2)cc1. The molecule has 1 aliphatic rings. The number of halogens is 1. The van der Waals surface area contributed by atoms with Gasteiger partial charge in [0, 0.05) is 30.8 Å². The largest absolute Gasteiger partial charge is 0.497 e. The number of benzene rings is 1. The van der Waals surface area contributed by atoms with E-state index in [2.05, 4.69) is 33.0 Å². The summed E-state index contributed by atoms with van der Waals surface area (Å²) in [6.07, 6.45) is 5.04. The molecule has 2 rings (SSSR count). The topological polar surface area (TPSA) is 29.5 Å². The van der Waals surface area contributed by atoms with E-state index < -0.39 is 0 Å². The van der Waals surface area contributed by atoms with Gasteiger partial charge in [-0.2, -0.15) is 0 Å². The highest BCUT2D eigenvalue weighted by Crippen LogP contribution is 2.28. The Hall–Kier alpha value is -1.03. The average molecular weight is 354 g/mol. The standard InChI is InChI=1S/C17H24BrNO2/c1-21-16-9-7-14(8-10-16)15-5-2-3-12-19(13-15)17(20)6-4-11-18/h7-10,15H,2-6,11-13H2,1H3. The molecular formula is C17H24BrNO2. The minimum Gasteiger partial charge on any atom is -0.497 e. The highest BCUT2D eigenvalue weighted by Gasteiger charge is 2.22. The number of nitrogens with zero attached hydrogens (tertiary/aromatic N) is 1. The van der Waals surface area contributed by atoms with Gasteiger partial charge in [-0.25, -0.2) is 0 Å². The number of rotatable bonds is 5. The van der Waals surface area contributed by atoms with E-state index in [0.717, 1.165) is 43.4 Å². The van der Waals surface area contributed by atoms with E-state index in [-0.39, 0.29) is 0 Å². The minimum absolute atomic E-state index is 0.301. The third-order valence-corrected chi connectivity index (χ3v) is 4.70. The molecule has 1 amide bonds. The molecule has 0 radical (unpaired) electrons. The zero-order valence-electron chi connectivity index (χ0n) is 12.7. The number of amides is 1. The van der Waals surface area contributed by atoms with Gasteiger partial charge >= 0.3 is 0 Å². The Balaban J connectivity index is 2.02. The first-order valence-electron chi connectivity index (χ1n) is 7.72. The van der Waals surface area contributed by atoms with E-state index in [4.69, 9.17) is 4.74 Å². The van der Waals surface area contributed by atoms with Gasteiger partial charge in [0.1, 0.15) is 5.75 Å². The summed E-state index contributed by atoms with van der Waals surface area (Å²) in [7, 11) is 1.69. The Morgan fingerprint density at radius 2 is 2.10 bits per heavy atom. The zero-order chi connectivity index (χ0) is 15.1. The molecule has 0 N–H and O–H groups in total. The van der Waals surface area contributed by atoms with E-state index in [1.807, 2.05) is 12.1 Å². The number of alkyl halides is 1. The summed E-state index contributed by atoms with van der Waals surface area (Å²) >= 11 is 3.40. The van der Waals surface area contributed by atoms with E-state index in [1.54, 1.807) is 7.11 Å². The Morgan fingerprint density at radius 1 is 1.33 bits per heavy atom. The van der Waals surface area contributed by atoms with Crippen LogP contribution in [0.3, 0.4) is 0 Å². The molecule has 1 atom stereocenters. The summed E-state index contributed by atoms with van der Waals surface area (Å²) < 4.78 is 5.22. The molecule has 1 heterocycles. The number of likely N-dealkylation sites (tertiary alicyclic amines) is 1. The van der Waals surface area contributed by atoms with Crippen LogP contribution in [0.25, 0.3) is 0 Å². The van der Waals surface area contributed by atoms with Crippen molar-refractivity contribution in [2.24, 2.45) is 0 Å². The molecule has 1 aromatic rings. The fraction of sp³-hybridized carbons (Fsp3) is 0.588. The molecule has 4 heteroatoms. The van der Waals surface area contributed by atoms with Crippen molar-refractivity contribution >= 4 is 21.8 Å². The van der Waals surface area contributed by atoms with Crippen LogP contribution in [0, 0.1) is 0 Å². The van der Waals surface area contributed by atoms with Gasteiger partial charge in [0.25, 0.3) is 0 Å². The van der Waals surface area contributed by atoms with E-state index in [0.29, 0.717) is 18.2 Å². The smallest absolute Gasteiger partial charge is 0.222 e. The van der Waals surface area contributed by atoms with Crippen molar-refractivity contribution in [1.29, 1.82) is 0 Å². The molecule has 0 spiro atoms. The van der Waals surface area contributed by atoms with Crippen LogP contribution in [0.4, 0.5) is 0 Å². The summed E-state index contributed by atoms with van der Waals surface area (Å²) in [5, 5.41) is 0.897. The molecular weight excluding hydrogens is 330 g/mol. The highest BCUT2D eigenvalue weighted by atomic mass is 79.9. The van der Waals surface area contributed by atoms with Crippen molar-refractivity contribution in [1.82, 2.24) is 4.90 Å². The number of ether oxygens (including phenoxy) is 1. The first-order chi connectivity index (χ1) is 10.2. The number of methoxy groups -OCH3 is 1. The lowest BCUT2D eigenvalue weighted by atomic mass is 9.94. The molecule has 0 bridgehead atoms. The van der Waals surface area contributed by atoms with Crippen molar-refractivity contribution in [2.45, 2.75) is 38.0 Å². The van der Waals surface area contributed by atoms with Gasteiger partial charge in [-0.1, -0.05) is 34.5 Å². The van der Waals surface area contributed by atoms with Crippen molar-refractivity contribution < 1.29 is 9.53 Å². The van der Waals surface area contributed by atoms with Crippen LogP contribution in [-0.2, 0) is 4.79 Å². The second-order valence-corrected chi connectivity index (χ2v) is 6.39. The van der Waals surface area contributed by atoms with Crippen molar-refractivity contribution in [3.05, 3.63) is 29.8 Å². The molecule has 1 aromatic carbocycles. The Kier molecular flexibility index (Phi) is 6.55. The highest BCUT2D eigenvalue weighted by molar-refractivity contribution is 9.09. The lowest BCUT2D eigenvalue weighted by Gasteiger charge is -2.25. The van der Waals surface area contributed by atoms with Crippen LogP contribution in [0.15, 0.2) is 24.3 Å². The van der Waals surface area contributed by atoms with Gasteiger partial charge in [-0.3, -0.25) is 4.79 Å². The van der Waals surface area contributed by atoms with Gasteiger partial charge in [-0.05, 0) is 37.0 Å². The molecule has 116 valence electrons. The normalized spacial score (nSPS) is 19.1. The van der Waals surface area contributed by atoms with Crippen LogP contribution in [0.1, 0.15) is 43.6 Å². The molecule has 0 aromatic heterocycles. The molecule has 1 unspecified atom stereocenters. The number of hydrogen-bond donors (Lipinski definition) is 0. The summed E-state index contributed by atoms with van der Waals surface area (Å²) in [6, 6.07) is 8.29. The quantitative estimate of drug-likeness (QED) is 0.749. The first-order valence-corrected chi connectivity index (χ1v) is 8.84. The Labute approximate surface area is 135 Å². The van der Waals surface area contributed by atoms with Crippen molar-refractivity contribution in [3.63, 3.8) is 0 Å². The predicted molar refractivity (Wildman–Crippen MR) is 89.2 cm³/mol. The maximum absolute atomic E-state index is 12.3. The lowest BCUT2D eigenvalue weighted by Crippen LogP contribution is -2.34. The third-order valence-electron chi connectivity index (χ3n) is 4.14. The molecule has 1 fully saturated rings.